The van der Waals surface area contributed by atoms with E-state index in [0.717, 1.165) is 19.3 Å². The number of carbonyl (C=O) groups is 1. The van der Waals surface area contributed by atoms with Crippen molar-refractivity contribution in [1.29, 1.82) is 0 Å². The number of halogens is 2. The van der Waals surface area contributed by atoms with Crippen LogP contribution in [-0.4, -0.2) is 18.2 Å². The van der Waals surface area contributed by atoms with Gasteiger partial charge in [0, 0.05) is 15.6 Å². The number of benzene rings is 1. The van der Waals surface area contributed by atoms with E-state index in [2.05, 4.69) is 0 Å². The summed E-state index contributed by atoms with van der Waals surface area (Å²) in [7, 11) is 1.36. The van der Waals surface area contributed by atoms with Gasteiger partial charge in [-0.05, 0) is 25.0 Å². The van der Waals surface area contributed by atoms with Gasteiger partial charge in [-0.1, -0.05) is 48.5 Å². The first-order valence-electron chi connectivity index (χ1n) is 6.73. The molecule has 1 aliphatic carbocycles. The molecule has 0 aromatic heterocycles. The van der Waals surface area contributed by atoms with E-state index in [1.54, 1.807) is 18.2 Å². The topological polar surface area (TPSA) is 46.5 Å². The van der Waals surface area contributed by atoms with Crippen molar-refractivity contribution in [3.8, 4) is 0 Å². The standard InChI is InChI=1S/C15H18Cl2O3/c1-20-14(19)15(7-3-2-4-8-15)13(18)11-6-5-10(16)9-12(11)17/h5-6,9,13,18H,2-4,7-8H2,1H3/t13-/m1/s1. The average Bonchev–Trinajstić information content (AvgIpc) is 2.46. The van der Waals surface area contributed by atoms with Crippen molar-refractivity contribution in [3.05, 3.63) is 33.8 Å². The van der Waals surface area contributed by atoms with Crippen LogP contribution in [0.4, 0.5) is 0 Å². The number of hydrogen-bond donors (Lipinski definition) is 1. The second-order valence-corrected chi connectivity index (χ2v) is 6.12. The van der Waals surface area contributed by atoms with Crippen molar-refractivity contribution >= 4 is 29.2 Å². The van der Waals surface area contributed by atoms with E-state index >= 15 is 0 Å². The predicted octanol–water partition coefficient (Wildman–Crippen LogP) is 4.15. The zero-order valence-corrected chi connectivity index (χ0v) is 12.9. The number of carbonyl (C=O) groups excluding carboxylic acids is 1. The molecule has 0 unspecified atom stereocenters. The van der Waals surface area contributed by atoms with E-state index in [9.17, 15) is 9.90 Å². The summed E-state index contributed by atoms with van der Waals surface area (Å²) in [5.74, 6) is -0.365. The molecule has 0 aliphatic heterocycles. The molecule has 0 saturated heterocycles. The van der Waals surface area contributed by atoms with Gasteiger partial charge in [-0.25, -0.2) is 0 Å². The third kappa shape index (κ3) is 2.80. The average molecular weight is 317 g/mol. The molecule has 0 heterocycles. The molecule has 1 aromatic rings. The zero-order chi connectivity index (χ0) is 14.8. The summed E-state index contributed by atoms with van der Waals surface area (Å²) in [5, 5.41) is 11.6. The molecule has 3 nitrogen and oxygen atoms in total. The van der Waals surface area contributed by atoms with Crippen LogP contribution >= 0.6 is 23.2 Å². The zero-order valence-electron chi connectivity index (χ0n) is 11.4. The minimum absolute atomic E-state index is 0.365. The highest BCUT2D eigenvalue weighted by molar-refractivity contribution is 6.35. The quantitative estimate of drug-likeness (QED) is 0.852. The molecule has 1 aliphatic rings. The molecule has 0 spiro atoms. The van der Waals surface area contributed by atoms with Crippen LogP contribution in [0.3, 0.4) is 0 Å². The Bertz CT molecular complexity index is 496. The lowest BCUT2D eigenvalue weighted by molar-refractivity contribution is -0.164. The molecule has 0 bridgehead atoms. The minimum Gasteiger partial charge on any atom is -0.469 e. The van der Waals surface area contributed by atoms with Gasteiger partial charge in [0.25, 0.3) is 0 Å². The molecule has 1 atom stereocenters. The number of esters is 1. The van der Waals surface area contributed by atoms with Crippen molar-refractivity contribution in [1.82, 2.24) is 0 Å². The predicted molar refractivity (Wildman–Crippen MR) is 79.0 cm³/mol. The van der Waals surface area contributed by atoms with E-state index in [1.807, 2.05) is 0 Å². The van der Waals surface area contributed by atoms with Crippen molar-refractivity contribution in [2.24, 2.45) is 5.41 Å². The maximum atomic E-state index is 12.2. The fraction of sp³-hybridized carbons (Fsp3) is 0.533. The number of aliphatic hydroxyl groups is 1. The van der Waals surface area contributed by atoms with Crippen LogP contribution in [0, 0.1) is 5.41 Å². The second kappa shape index (κ2) is 6.33. The van der Waals surface area contributed by atoms with Crippen LogP contribution in [0.2, 0.25) is 10.0 Å². The number of ether oxygens (including phenoxy) is 1. The van der Waals surface area contributed by atoms with E-state index in [0.29, 0.717) is 28.5 Å². The van der Waals surface area contributed by atoms with Crippen molar-refractivity contribution < 1.29 is 14.6 Å². The summed E-state index contributed by atoms with van der Waals surface area (Å²) < 4.78 is 4.93. The number of aliphatic hydroxyl groups excluding tert-OH is 1. The third-order valence-electron chi connectivity index (χ3n) is 4.12. The Balaban J connectivity index is 2.40. The van der Waals surface area contributed by atoms with Crippen molar-refractivity contribution in [2.45, 2.75) is 38.2 Å². The van der Waals surface area contributed by atoms with Gasteiger partial charge in [0.05, 0.1) is 18.6 Å². The maximum Gasteiger partial charge on any atom is 0.314 e. The summed E-state index contributed by atoms with van der Waals surface area (Å²) in [6.45, 7) is 0. The SMILES string of the molecule is COC(=O)C1([C@H](O)c2ccc(Cl)cc2Cl)CCCCC1. The molecular formula is C15H18Cl2O3. The van der Waals surface area contributed by atoms with Gasteiger partial charge in [-0.3, -0.25) is 4.79 Å². The molecule has 20 heavy (non-hydrogen) atoms. The van der Waals surface area contributed by atoms with Gasteiger partial charge in [-0.15, -0.1) is 0 Å². The lowest BCUT2D eigenvalue weighted by atomic mass is 9.68. The van der Waals surface area contributed by atoms with Gasteiger partial charge < -0.3 is 9.84 Å². The van der Waals surface area contributed by atoms with E-state index in [4.69, 9.17) is 27.9 Å². The number of methoxy groups -OCH3 is 1. The Morgan fingerprint density at radius 2 is 1.95 bits per heavy atom. The molecule has 1 fully saturated rings. The normalized spacial score (nSPS) is 19.4. The van der Waals surface area contributed by atoms with Gasteiger partial charge in [0.1, 0.15) is 0 Å². The summed E-state index contributed by atoms with van der Waals surface area (Å²) in [6.07, 6.45) is 3.12. The molecule has 1 saturated carbocycles. The summed E-state index contributed by atoms with van der Waals surface area (Å²) >= 11 is 12.0. The second-order valence-electron chi connectivity index (χ2n) is 5.28. The monoisotopic (exact) mass is 316 g/mol. The van der Waals surface area contributed by atoms with Crippen molar-refractivity contribution in [3.63, 3.8) is 0 Å². The van der Waals surface area contributed by atoms with Crippen LogP contribution in [0.15, 0.2) is 18.2 Å². The first kappa shape index (κ1) is 15.6. The summed E-state index contributed by atoms with van der Waals surface area (Å²) in [6, 6.07) is 4.92. The summed E-state index contributed by atoms with van der Waals surface area (Å²) in [5.41, 5.74) is -0.367. The van der Waals surface area contributed by atoms with Gasteiger partial charge in [0.2, 0.25) is 0 Å². The first-order chi connectivity index (χ1) is 9.51. The molecule has 0 radical (unpaired) electrons. The van der Waals surface area contributed by atoms with Gasteiger partial charge >= 0.3 is 5.97 Å². The molecular weight excluding hydrogens is 299 g/mol. The summed E-state index contributed by atoms with van der Waals surface area (Å²) in [4.78, 5) is 12.2. The Labute approximate surface area is 128 Å². The van der Waals surface area contributed by atoms with Gasteiger partial charge in [0.15, 0.2) is 0 Å². The van der Waals surface area contributed by atoms with Crippen LogP contribution in [-0.2, 0) is 9.53 Å². The highest BCUT2D eigenvalue weighted by Crippen LogP contribution is 2.48. The smallest absolute Gasteiger partial charge is 0.314 e. The van der Waals surface area contributed by atoms with Crippen molar-refractivity contribution in [2.75, 3.05) is 7.11 Å². The highest BCUT2D eigenvalue weighted by atomic mass is 35.5. The first-order valence-corrected chi connectivity index (χ1v) is 7.48. The van der Waals surface area contributed by atoms with Crippen LogP contribution < -0.4 is 0 Å². The fourth-order valence-electron chi connectivity index (χ4n) is 3.00. The lowest BCUT2D eigenvalue weighted by Crippen LogP contribution is -2.40. The van der Waals surface area contributed by atoms with Gasteiger partial charge in [-0.2, -0.15) is 0 Å². The number of hydrogen-bond acceptors (Lipinski definition) is 3. The number of rotatable bonds is 3. The lowest BCUT2D eigenvalue weighted by Gasteiger charge is -2.38. The molecule has 110 valence electrons. The molecule has 1 aromatic carbocycles. The fourth-order valence-corrected chi connectivity index (χ4v) is 3.51. The highest BCUT2D eigenvalue weighted by Gasteiger charge is 2.47. The third-order valence-corrected chi connectivity index (χ3v) is 4.68. The van der Waals surface area contributed by atoms with Crippen LogP contribution in [0.5, 0.6) is 0 Å². The Morgan fingerprint density at radius 1 is 1.30 bits per heavy atom. The van der Waals surface area contributed by atoms with Crippen LogP contribution in [0.1, 0.15) is 43.8 Å². The molecule has 5 heteroatoms. The minimum atomic E-state index is -0.972. The molecule has 0 amide bonds. The Kier molecular flexibility index (Phi) is 4.95. The Morgan fingerprint density at radius 3 is 2.50 bits per heavy atom. The van der Waals surface area contributed by atoms with E-state index in [1.165, 1.54) is 7.11 Å². The van der Waals surface area contributed by atoms with Crippen LogP contribution in [0.25, 0.3) is 0 Å². The van der Waals surface area contributed by atoms with E-state index < -0.39 is 11.5 Å². The Hall–Kier alpha value is -0.770. The molecule has 1 N–H and O–H groups in total. The maximum absolute atomic E-state index is 12.2. The molecule has 2 rings (SSSR count). The largest absolute Gasteiger partial charge is 0.469 e. The van der Waals surface area contributed by atoms with E-state index in [-0.39, 0.29) is 5.97 Å².